The molecule has 0 unspecified atom stereocenters. The molecule has 0 aliphatic carbocycles. The van der Waals surface area contributed by atoms with E-state index in [-0.39, 0.29) is 6.10 Å². The van der Waals surface area contributed by atoms with Gasteiger partial charge in [0.05, 0.1) is 11.2 Å². The lowest BCUT2D eigenvalue weighted by molar-refractivity contribution is 0.0885. The van der Waals surface area contributed by atoms with Gasteiger partial charge in [-0.1, -0.05) is 0 Å². The first kappa shape index (κ1) is 12.8. The van der Waals surface area contributed by atoms with Crippen molar-refractivity contribution >= 4 is 11.3 Å². The van der Waals surface area contributed by atoms with Gasteiger partial charge in [-0.15, -0.1) is 11.3 Å². The van der Waals surface area contributed by atoms with Crippen LogP contribution in [-0.4, -0.2) is 27.2 Å². The summed E-state index contributed by atoms with van der Waals surface area (Å²) in [4.78, 5) is 8.74. The third-order valence-electron chi connectivity index (χ3n) is 3.46. The van der Waals surface area contributed by atoms with Gasteiger partial charge in [0.2, 0.25) is 0 Å². The van der Waals surface area contributed by atoms with Crippen molar-refractivity contribution in [3.63, 3.8) is 0 Å². The van der Waals surface area contributed by atoms with Crippen LogP contribution in [0.25, 0.3) is 0 Å². The average molecular weight is 278 g/mol. The first-order valence-corrected chi connectivity index (χ1v) is 7.56. The highest BCUT2D eigenvalue weighted by molar-refractivity contribution is 7.07. The molecule has 6 heteroatoms. The standard InChI is InChI=1S/C13H18N4OS/c1-2-17-5-4-14-13(17)12-11(3-6-18-12)15-7-10-8-19-9-16-10/h4-5,8-9,11-12,15H,2-3,6-7H2,1H3/t11-,12-/m0/s1. The number of nitrogens with zero attached hydrogens (tertiary/aromatic N) is 3. The number of ether oxygens (including phenoxy) is 1. The Kier molecular flexibility index (Phi) is 3.91. The van der Waals surface area contributed by atoms with Crippen LogP contribution in [0.4, 0.5) is 0 Å². The largest absolute Gasteiger partial charge is 0.369 e. The van der Waals surface area contributed by atoms with E-state index in [1.54, 1.807) is 11.3 Å². The molecule has 1 fully saturated rings. The van der Waals surface area contributed by atoms with E-state index in [1.807, 2.05) is 17.9 Å². The zero-order valence-electron chi connectivity index (χ0n) is 11.0. The summed E-state index contributed by atoms with van der Waals surface area (Å²) in [5, 5.41) is 5.61. The second kappa shape index (κ2) is 5.81. The Morgan fingerprint density at radius 2 is 2.47 bits per heavy atom. The number of rotatable bonds is 5. The van der Waals surface area contributed by atoms with Crippen LogP contribution in [0, 0.1) is 0 Å². The lowest BCUT2D eigenvalue weighted by Gasteiger charge is -2.19. The van der Waals surface area contributed by atoms with Gasteiger partial charge >= 0.3 is 0 Å². The lowest BCUT2D eigenvalue weighted by atomic mass is 10.1. The quantitative estimate of drug-likeness (QED) is 0.908. The Balaban J connectivity index is 1.67. The highest BCUT2D eigenvalue weighted by Crippen LogP contribution is 2.28. The van der Waals surface area contributed by atoms with E-state index < -0.39 is 0 Å². The van der Waals surface area contributed by atoms with Crippen LogP contribution in [0.1, 0.15) is 31.0 Å². The molecule has 2 aromatic heterocycles. The minimum absolute atomic E-state index is 0.0496. The molecule has 3 heterocycles. The predicted octanol–water partition coefficient (Wildman–Crippen LogP) is 1.98. The fourth-order valence-electron chi connectivity index (χ4n) is 2.46. The first-order valence-electron chi connectivity index (χ1n) is 6.61. The summed E-state index contributed by atoms with van der Waals surface area (Å²) in [5.41, 5.74) is 2.96. The third-order valence-corrected chi connectivity index (χ3v) is 4.10. The minimum Gasteiger partial charge on any atom is -0.369 e. The van der Waals surface area contributed by atoms with E-state index in [0.717, 1.165) is 37.6 Å². The molecular weight excluding hydrogens is 260 g/mol. The van der Waals surface area contributed by atoms with Crippen LogP contribution in [0.2, 0.25) is 0 Å². The van der Waals surface area contributed by atoms with E-state index in [9.17, 15) is 0 Å². The van der Waals surface area contributed by atoms with Gasteiger partial charge in [-0.05, 0) is 13.3 Å². The van der Waals surface area contributed by atoms with Gasteiger partial charge in [-0.25, -0.2) is 9.97 Å². The topological polar surface area (TPSA) is 52.0 Å². The maximum absolute atomic E-state index is 5.86. The molecular formula is C13H18N4OS. The van der Waals surface area contributed by atoms with Gasteiger partial charge in [0.1, 0.15) is 11.9 Å². The third kappa shape index (κ3) is 2.70. The van der Waals surface area contributed by atoms with E-state index >= 15 is 0 Å². The summed E-state index contributed by atoms with van der Waals surface area (Å²) < 4.78 is 8.01. The van der Waals surface area contributed by atoms with Gasteiger partial charge in [-0.3, -0.25) is 0 Å². The van der Waals surface area contributed by atoms with Crippen LogP contribution < -0.4 is 5.32 Å². The number of aryl methyl sites for hydroxylation is 1. The average Bonchev–Trinajstić information content (AvgIpc) is 3.16. The monoisotopic (exact) mass is 278 g/mol. The number of aromatic nitrogens is 3. The molecule has 0 radical (unpaired) electrons. The van der Waals surface area contributed by atoms with Crippen LogP contribution in [0.5, 0.6) is 0 Å². The van der Waals surface area contributed by atoms with Crippen molar-refractivity contribution in [2.75, 3.05) is 6.61 Å². The van der Waals surface area contributed by atoms with E-state index in [2.05, 4.69) is 32.2 Å². The molecule has 19 heavy (non-hydrogen) atoms. The molecule has 1 N–H and O–H groups in total. The molecule has 0 aromatic carbocycles. The second-order valence-electron chi connectivity index (χ2n) is 4.62. The fourth-order valence-corrected chi connectivity index (χ4v) is 3.02. The van der Waals surface area contributed by atoms with Crippen molar-refractivity contribution < 1.29 is 4.74 Å². The predicted molar refractivity (Wildman–Crippen MR) is 74.0 cm³/mol. The molecule has 2 atom stereocenters. The normalized spacial score (nSPS) is 23.0. The molecule has 0 bridgehead atoms. The molecule has 1 aliphatic heterocycles. The van der Waals surface area contributed by atoms with Gasteiger partial charge in [-0.2, -0.15) is 0 Å². The number of thiazole rings is 1. The summed E-state index contributed by atoms with van der Waals surface area (Å²) in [5.74, 6) is 1.02. The van der Waals surface area contributed by atoms with Crippen molar-refractivity contribution in [3.05, 3.63) is 34.8 Å². The number of hydrogen-bond acceptors (Lipinski definition) is 5. The van der Waals surface area contributed by atoms with Gasteiger partial charge in [0.25, 0.3) is 0 Å². The van der Waals surface area contributed by atoms with Crippen LogP contribution in [-0.2, 0) is 17.8 Å². The Hall–Kier alpha value is -1.24. The molecule has 0 amide bonds. The molecule has 2 aromatic rings. The number of hydrogen-bond donors (Lipinski definition) is 1. The maximum Gasteiger partial charge on any atom is 0.139 e. The molecule has 102 valence electrons. The first-order chi connectivity index (χ1) is 9.38. The van der Waals surface area contributed by atoms with Crippen molar-refractivity contribution in [3.8, 4) is 0 Å². The molecule has 3 rings (SSSR count). The zero-order valence-corrected chi connectivity index (χ0v) is 11.8. The van der Waals surface area contributed by atoms with Crippen LogP contribution in [0.15, 0.2) is 23.3 Å². The summed E-state index contributed by atoms with van der Waals surface area (Å²) in [7, 11) is 0. The fraction of sp³-hybridized carbons (Fsp3) is 0.538. The Morgan fingerprint density at radius 1 is 1.53 bits per heavy atom. The van der Waals surface area contributed by atoms with E-state index in [1.165, 1.54) is 0 Å². The van der Waals surface area contributed by atoms with Crippen molar-refractivity contribution in [2.45, 2.75) is 38.6 Å². The lowest BCUT2D eigenvalue weighted by Crippen LogP contribution is -2.32. The smallest absolute Gasteiger partial charge is 0.139 e. The molecule has 1 aliphatic rings. The summed E-state index contributed by atoms with van der Waals surface area (Å²) in [6.07, 6.45) is 4.92. The molecule has 5 nitrogen and oxygen atoms in total. The molecule has 0 saturated carbocycles. The summed E-state index contributed by atoms with van der Waals surface area (Å²) >= 11 is 1.63. The van der Waals surface area contributed by atoms with E-state index in [4.69, 9.17) is 4.74 Å². The highest BCUT2D eigenvalue weighted by Gasteiger charge is 2.32. The van der Waals surface area contributed by atoms with Crippen molar-refractivity contribution in [1.82, 2.24) is 19.9 Å². The van der Waals surface area contributed by atoms with Crippen molar-refractivity contribution in [1.29, 1.82) is 0 Å². The van der Waals surface area contributed by atoms with Crippen LogP contribution in [0.3, 0.4) is 0 Å². The summed E-state index contributed by atoms with van der Waals surface area (Å²) in [6.45, 7) is 4.63. The molecule has 0 spiro atoms. The minimum atomic E-state index is 0.0496. The second-order valence-corrected chi connectivity index (χ2v) is 5.34. The van der Waals surface area contributed by atoms with E-state index in [0.29, 0.717) is 6.04 Å². The summed E-state index contributed by atoms with van der Waals surface area (Å²) in [6, 6.07) is 0.314. The SMILES string of the molecule is CCn1ccnc1[C@H]1OCC[C@@H]1NCc1cscn1. The van der Waals surface area contributed by atoms with Gasteiger partial charge in [0.15, 0.2) is 0 Å². The Bertz CT molecular complexity index is 510. The highest BCUT2D eigenvalue weighted by atomic mass is 32.1. The van der Waals surface area contributed by atoms with Crippen molar-refractivity contribution in [2.24, 2.45) is 0 Å². The Labute approximate surface area is 116 Å². The number of nitrogens with one attached hydrogen (secondary N) is 1. The zero-order chi connectivity index (χ0) is 13.1. The van der Waals surface area contributed by atoms with Gasteiger partial charge < -0.3 is 14.6 Å². The maximum atomic E-state index is 5.86. The Morgan fingerprint density at radius 3 is 3.26 bits per heavy atom. The van der Waals surface area contributed by atoms with Crippen LogP contribution >= 0.6 is 11.3 Å². The number of imidazole rings is 1. The molecule has 1 saturated heterocycles. The van der Waals surface area contributed by atoms with Gasteiger partial charge in [0, 0.05) is 43.5 Å².